The third kappa shape index (κ3) is 5.16. The van der Waals surface area contributed by atoms with Crippen molar-refractivity contribution in [3.63, 3.8) is 0 Å². The quantitative estimate of drug-likeness (QED) is 0.662. The van der Waals surface area contributed by atoms with Crippen LogP contribution in [0.3, 0.4) is 0 Å². The number of rotatable bonds is 6. The van der Waals surface area contributed by atoms with Crippen LogP contribution in [0.1, 0.15) is 13.8 Å². The van der Waals surface area contributed by atoms with Gasteiger partial charge in [-0.3, -0.25) is 9.59 Å². The summed E-state index contributed by atoms with van der Waals surface area (Å²) in [6.45, 7) is 9.05. The highest BCUT2D eigenvalue weighted by atomic mass is 16.5. The van der Waals surface area contributed by atoms with Gasteiger partial charge in [0.15, 0.2) is 0 Å². The van der Waals surface area contributed by atoms with E-state index in [-0.39, 0.29) is 18.4 Å². The van der Waals surface area contributed by atoms with Gasteiger partial charge in [-0.05, 0) is 6.54 Å². The second-order valence-corrected chi connectivity index (χ2v) is 4.75. The summed E-state index contributed by atoms with van der Waals surface area (Å²) < 4.78 is 4.95. The number of nitrogens with zero attached hydrogens (tertiary/aromatic N) is 3. The van der Waals surface area contributed by atoms with Crippen molar-refractivity contribution >= 4 is 11.8 Å². The summed E-state index contributed by atoms with van der Waals surface area (Å²) in [5, 5.41) is 0. The van der Waals surface area contributed by atoms with Crippen LogP contribution in [0, 0.1) is 0 Å². The Morgan fingerprint density at radius 2 is 1.84 bits per heavy atom. The van der Waals surface area contributed by atoms with Crippen molar-refractivity contribution in [3.8, 4) is 0 Å². The molecule has 1 fully saturated rings. The van der Waals surface area contributed by atoms with Crippen molar-refractivity contribution < 1.29 is 14.3 Å². The van der Waals surface area contributed by atoms with Gasteiger partial charge in [-0.15, -0.1) is 0 Å². The summed E-state index contributed by atoms with van der Waals surface area (Å²) in [6.07, 6.45) is 0. The molecule has 0 aliphatic carbocycles. The summed E-state index contributed by atoms with van der Waals surface area (Å²) in [6, 6.07) is 0. The number of amides is 2. The van der Waals surface area contributed by atoms with Gasteiger partial charge in [0.2, 0.25) is 11.8 Å². The lowest BCUT2D eigenvalue weighted by molar-refractivity contribution is -0.140. The molecule has 6 heteroatoms. The van der Waals surface area contributed by atoms with Crippen LogP contribution in [0.5, 0.6) is 0 Å². The highest BCUT2D eigenvalue weighted by Crippen LogP contribution is 2.03. The Balaban J connectivity index is 2.42. The van der Waals surface area contributed by atoms with E-state index in [4.69, 9.17) is 4.74 Å². The van der Waals surface area contributed by atoms with Crippen LogP contribution in [0.2, 0.25) is 0 Å². The molecule has 1 saturated heterocycles. The Bertz CT molecular complexity index is 302. The van der Waals surface area contributed by atoms with E-state index in [1.807, 2.05) is 4.90 Å². The van der Waals surface area contributed by atoms with Crippen molar-refractivity contribution in [1.29, 1.82) is 0 Å². The number of hydrogen-bond donors (Lipinski definition) is 0. The van der Waals surface area contributed by atoms with E-state index >= 15 is 0 Å². The molecule has 0 spiro atoms. The van der Waals surface area contributed by atoms with Crippen molar-refractivity contribution in [3.05, 3.63) is 0 Å². The fraction of sp³-hybridized carbons (Fsp3) is 0.846. The van der Waals surface area contributed by atoms with Crippen LogP contribution in [0.25, 0.3) is 0 Å². The monoisotopic (exact) mass is 271 g/mol. The molecule has 1 rings (SSSR count). The second kappa shape index (κ2) is 8.12. The molecule has 0 aromatic heterocycles. The van der Waals surface area contributed by atoms with E-state index in [2.05, 4.69) is 11.8 Å². The molecule has 6 nitrogen and oxygen atoms in total. The van der Waals surface area contributed by atoms with E-state index in [1.54, 1.807) is 7.11 Å². The number of piperazine rings is 1. The smallest absolute Gasteiger partial charge is 0.242 e. The molecular formula is C13H25N3O3. The van der Waals surface area contributed by atoms with Gasteiger partial charge in [0.1, 0.15) is 0 Å². The van der Waals surface area contributed by atoms with Gasteiger partial charge >= 0.3 is 0 Å². The number of carbonyl (C=O) groups excluding carboxylic acids is 2. The summed E-state index contributed by atoms with van der Waals surface area (Å²) in [5.41, 5.74) is 0. The Morgan fingerprint density at radius 1 is 1.21 bits per heavy atom. The Morgan fingerprint density at radius 3 is 2.32 bits per heavy atom. The van der Waals surface area contributed by atoms with Crippen molar-refractivity contribution in [2.24, 2.45) is 0 Å². The molecule has 0 unspecified atom stereocenters. The lowest BCUT2D eigenvalue weighted by atomic mass is 10.3. The van der Waals surface area contributed by atoms with Crippen molar-refractivity contribution in [1.82, 2.24) is 14.7 Å². The zero-order chi connectivity index (χ0) is 14.3. The van der Waals surface area contributed by atoms with E-state index in [9.17, 15) is 9.59 Å². The average Bonchev–Trinajstić information content (AvgIpc) is 2.43. The highest BCUT2D eigenvalue weighted by Gasteiger charge is 2.22. The Kier molecular flexibility index (Phi) is 6.80. The van der Waals surface area contributed by atoms with Gasteiger partial charge in [-0.2, -0.15) is 0 Å². The minimum Gasteiger partial charge on any atom is -0.383 e. The fourth-order valence-corrected chi connectivity index (χ4v) is 2.13. The second-order valence-electron chi connectivity index (χ2n) is 4.75. The molecule has 0 N–H and O–H groups in total. The SMILES string of the molecule is CCN1CCN(C(=O)CN(CCOC)C(C)=O)CC1. The molecule has 2 amide bonds. The van der Waals surface area contributed by atoms with Crippen LogP contribution in [-0.4, -0.2) is 86.0 Å². The standard InChI is InChI=1S/C13H25N3O3/c1-4-14-5-7-15(8-6-14)13(18)11-16(12(2)17)9-10-19-3/h4-11H2,1-3H3. The van der Waals surface area contributed by atoms with Crippen LogP contribution < -0.4 is 0 Å². The first-order chi connectivity index (χ1) is 9.08. The lowest BCUT2D eigenvalue weighted by Gasteiger charge is -2.35. The van der Waals surface area contributed by atoms with E-state index < -0.39 is 0 Å². The summed E-state index contributed by atoms with van der Waals surface area (Å²) >= 11 is 0. The average molecular weight is 271 g/mol. The maximum Gasteiger partial charge on any atom is 0.242 e. The predicted octanol–water partition coefficient (Wildman–Crippen LogP) is -0.355. The van der Waals surface area contributed by atoms with Gasteiger partial charge in [0.05, 0.1) is 13.2 Å². The van der Waals surface area contributed by atoms with Gasteiger partial charge in [0.25, 0.3) is 0 Å². The zero-order valence-electron chi connectivity index (χ0n) is 12.2. The molecule has 1 aliphatic rings. The highest BCUT2D eigenvalue weighted by molar-refractivity contribution is 5.83. The Hall–Kier alpha value is -1.14. The van der Waals surface area contributed by atoms with Gasteiger partial charge in [0, 0.05) is 46.8 Å². The van der Waals surface area contributed by atoms with E-state index in [1.165, 1.54) is 11.8 Å². The number of methoxy groups -OCH3 is 1. The normalized spacial score (nSPS) is 16.5. The third-order valence-electron chi connectivity index (χ3n) is 3.51. The molecule has 1 aliphatic heterocycles. The largest absolute Gasteiger partial charge is 0.383 e. The fourth-order valence-electron chi connectivity index (χ4n) is 2.13. The van der Waals surface area contributed by atoms with Crippen LogP contribution in [0.15, 0.2) is 0 Å². The molecule has 0 saturated carbocycles. The summed E-state index contributed by atoms with van der Waals surface area (Å²) in [5.74, 6) is -0.0559. The maximum absolute atomic E-state index is 12.1. The van der Waals surface area contributed by atoms with Gasteiger partial charge in [-0.25, -0.2) is 0 Å². The molecule has 0 aromatic rings. The Labute approximate surface area is 115 Å². The van der Waals surface area contributed by atoms with Gasteiger partial charge < -0.3 is 19.4 Å². The molecule has 1 heterocycles. The number of hydrogen-bond acceptors (Lipinski definition) is 4. The maximum atomic E-state index is 12.1. The molecule has 0 radical (unpaired) electrons. The van der Waals surface area contributed by atoms with Crippen molar-refractivity contribution in [2.75, 3.05) is 59.5 Å². The van der Waals surface area contributed by atoms with Crippen molar-refractivity contribution in [2.45, 2.75) is 13.8 Å². The third-order valence-corrected chi connectivity index (χ3v) is 3.51. The molecule has 0 atom stereocenters. The summed E-state index contributed by atoms with van der Waals surface area (Å²) in [7, 11) is 1.59. The number of likely N-dealkylation sites (N-methyl/N-ethyl adjacent to an activating group) is 1. The van der Waals surface area contributed by atoms with Crippen LogP contribution >= 0.6 is 0 Å². The minimum absolute atomic E-state index is 0.0297. The van der Waals surface area contributed by atoms with Crippen LogP contribution in [-0.2, 0) is 14.3 Å². The lowest BCUT2D eigenvalue weighted by Crippen LogP contribution is -2.51. The first kappa shape index (κ1) is 15.9. The topological polar surface area (TPSA) is 53.1 Å². The van der Waals surface area contributed by atoms with Crippen LogP contribution in [0.4, 0.5) is 0 Å². The number of carbonyl (C=O) groups is 2. The number of ether oxygens (including phenoxy) is 1. The molecule has 0 aromatic carbocycles. The molecule has 19 heavy (non-hydrogen) atoms. The molecular weight excluding hydrogens is 246 g/mol. The molecule has 0 bridgehead atoms. The summed E-state index contributed by atoms with van der Waals surface area (Å²) in [4.78, 5) is 29.3. The van der Waals surface area contributed by atoms with E-state index in [0.717, 1.165) is 32.7 Å². The zero-order valence-corrected chi connectivity index (χ0v) is 12.2. The first-order valence-corrected chi connectivity index (χ1v) is 6.83. The van der Waals surface area contributed by atoms with Gasteiger partial charge in [-0.1, -0.05) is 6.92 Å². The molecule has 110 valence electrons. The predicted molar refractivity (Wildman–Crippen MR) is 72.8 cm³/mol. The minimum atomic E-state index is -0.0856. The first-order valence-electron chi connectivity index (χ1n) is 6.83. The van der Waals surface area contributed by atoms with E-state index in [0.29, 0.717) is 13.2 Å².